The lowest BCUT2D eigenvalue weighted by molar-refractivity contribution is -0.0697. The van der Waals surface area contributed by atoms with Crippen molar-refractivity contribution in [1.29, 1.82) is 0 Å². The van der Waals surface area contributed by atoms with Crippen LogP contribution in [0.2, 0.25) is 0 Å². The minimum atomic E-state index is -0.862. The Morgan fingerprint density at radius 3 is 2.45 bits per heavy atom. The number of rotatable bonds is 6. The first-order chi connectivity index (χ1) is 9.68. The van der Waals surface area contributed by atoms with Crippen molar-refractivity contribution in [2.24, 2.45) is 5.16 Å². The zero-order valence-electron chi connectivity index (χ0n) is 11.1. The first-order valence-corrected chi connectivity index (χ1v) is 6.48. The van der Waals surface area contributed by atoms with Crippen molar-refractivity contribution in [3.8, 4) is 0 Å². The molecule has 0 saturated carbocycles. The molecule has 1 atom stereocenters. The molecule has 0 amide bonds. The van der Waals surface area contributed by atoms with Crippen LogP contribution in [0.4, 0.5) is 0 Å². The second-order valence-electron chi connectivity index (χ2n) is 4.92. The molecule has 0 spiro atoms. The summed E-state index contributed by atoms with van der Waals surface area (Å²) in [5.41, 5.74) is 1.88. The molecule has 1 unspecified atom stereocenters. The van der Waals surface area contributed by atoms with Crippen molar-refractivity contribution in [2.75, 3.05) is 13.2 Å². The molecule has 0 radical (unpaired) electrons. The Balaban J connectivity index is 2.21. The first kappa shape index (κ1) is 14.9. The number of aliphatic hydroxyl groups excluding tert-OH is 4. The van der Waals surface area contributed by atoms with Gasteiger partial charge in [-0.25, -0.2) is 0 Å². The van der Waals surface area contributed by atoms with Gasteiger partial charge in [0.05, 0.1) is 25.5 Å². The molecule has 0 fully saturated rings. The summed E-state index contributed by atoms with van der Waals surface area (Å²) in [6.45, 7) is -0.610. The van der Waals surface area contributed by atoms with Crippen LogP contribution in [0, 0.1) is 0 Å². The minimum Gasteiger partial charge on any atom is -0.396 e. The molecule has 1 aromatic rings. The van der Waals surface area contributed by atoms with Gasteiger partial charge in [0.2, 0.25) is 0 Å². The van der Waals surface area contributed by atoms with Crippen molar-refractivity contribution in [2.45, 2.75) is 31.7 Å². The number of nitrogens with zero attached hydrogens (tertiary/aromatic N) is 1. The van der Waals surface area contributed by atoms with Gasteiger partial charge in [-0.2, -0.15) is 0 Å². The second kappa shape index (κ2) is 6.32. The molecule has 110 valence electrons. The van der Waals surface area contributed by atoms with Gasteiger partial charge in [-0.05, 0) is 22.8 Å². The summed E-state index contributed by atoms with van der Waals surface area (Å²) in [6, 6.07) is 5.27. The van der Waals surface area contributed by atoms with Crippen LogP contribution in [0.3, 0.4) is 0 Å². The van der Waals surface area contributed by atoms with E-state index in [2.05, 4.69) is 5.16 Å². The molecule has 0 bridgehead atoms. The van der Waals surface area contributed by atoms with Gasteiger partial charge in [0.1, 0.15) is 0 Å². The molecule has 6 heteroatoms. The molecule has 0 saturated heterocycles. The van der Waals surface area contributed by atoms with Crippen LogP contribution in [-0.2, 0) is 18.1 Å². The Morgan fingerprint density at radius 2 is 1.85 bits per heavy atom. The summed E-state index contributed by atoms with van der Waals surface area (Å²) in [7, 11) is 0. The lowest BCUT2D eigenvalue weighted by Gasteiger charge is -2.22. The molecule has 4 N–H and O–H groups in total. The highest BCUT2D eigenvalue weighted by Gasteiger charge is 2.38. The quantitative estimate of drug-likeness (QED) is 0.583. The minimum absolute atomic E-state index is 0.0886. The van der Waals surface area contributed by atoms with Crippen molar-refractivity contribution >= 4 is 5.71 Å². The Hall–Kier alpha value is -1.47. The van der Waals surface area contributed by atoms with E-state index in [-0.39, 0.29) is 26.4 Å². The van der Waals surface area contributed by atoms with Gasteiger partial charge in [-0.3, -0.25) is 0 Å². The molecule has 1 aromatic carbocycles. The van der Waals surface area contributed by atoms with E-state index in [1.807, 2.05) is 0 Å². The maximum absolute atomic E-state index is 9.41. The molecule has 1 heterocycles. The third-order valence-electron chi connectivity index (χ3n) is 3.57. The van der Waals surface area contributed by atoms with Crippen LogP contribution in [0.15, 0.2) is 23.4 Å². The molecule has 0 aliphatic carbocycles. The van der Waals surface area contributed by atoms with Crippen molar-refractivity contribution in [1.82, 2.24) is 0 Å². The average Bonchev–Trinajstić information content (AvgIpc) is 2.91. The number of benzene rings is 1. The highest BCUT2D eigenvalue weighted by atomic mass is 16.7. The Bertz CT molecular complexity index is 502. The van der Waals surface area contributed by atoms with E-state index in [0.29, 0.717) is 29.7 Å². The van der Waals surface area contributed by atoms with Gasteiger partial charge >= 0.3 is 0 Å². The third kappa shape index (κ3) is 2.83. The lowest BCUT2D eigenvalue weighted by atomic mass is 9.91. The summed E-state index contributed by atoms with van der Waals surface area (Å²) in [4.78, 5) is 5.29. The zero-order valence-corrected chi connectivity index (χ0v) is 11.1. The van der Waals surface area contributed by atoms with Gasteiger partial charge in [0.25, 0.3) is 0 Å². The normalized spacial score (nSPS) is 21.7. The summed E-state index contributed by atoms with van der Waals surface area (Å²) < 4.78 is 0. The number of hydrogen-bond donors (Lipinski definition) is 4. The monoisotopic (exact) mass is 281 g/mol. The van der Waals surface area contributed by atoms with Gasteiger partial charge in [0.15, 0.2) is 5.60 Å². The van der Waals surface area contributed by atoms with Crippen LogP contribution in [0.1, 0.15) is 29.5 Å². The van der Waals surface area contributed by atoms with Crippen molar-refractivity contribution in [3.05, 3.63) is 34.9 Å². The fraction of sp³-hybridized carbons (Fsp3) is 0.500. The highest BCUT2D eigenvalue weighted by molar-refractivity contribution is 6.01. The van der Waals surface area contributed by atoms with Crippen LogP contribution in [-0.4, -0.2) is 45.0 Å². The van der Waals surface area contributed by atoms with E-state index in [1.165, 1.54) is 0 Å². The predicted octanol–water partition coefficient (Wildman–Crippen LogP) is -0.0909. The van der Waals surface area contributed by atoms with Crippen LogP contribution in [0.5, 0.6) is 0 Å². The Kier molecular flexibility index (Phi) is 4.72. The summed E-state index contributed by atoms with van der Waals surface area (Å²) in [5, 5.41) is 40.9. The topological polar surface area (TPSA) is 103 Å². The van der Waals surface area contributed by atoms with E-state index in [9.17, 15) is 15.3 Å². The summed E-state index contributed by atoms with van der Waals surface area (Å²) in [5.74, 6) is 0. The SMILES string of the molecule is OCCC1(CO)CC(c2ccc(CO)c(CO)c2)=NO1. The molecular formula is C14H19NO5. The fourth-order valence-electron chi connectivity index (χ4n) is 2.28. The predicted molar refractivity (Wildman–Crippen MR) is 72.0 cm³/mol. The maximum Gasteiger partial charge on any atom is 0.168 e. The smallest absolute Gasteiger partial charge is 0.168 e. The Labute approximate surface area is 116 Å². The van der Waals surface area contributed by atoms with Crippen LogP contribution < -0.4 is 0 Å². The number of hydrogen-bond acceptors (Lipinski definition) is 6. The maximum atomic E-state index is 9.41. The highest BCUT2D eigenvalue weighted by Crippen LogP contribution is 2.30. The lowest BCUT2D eigenvalue weighted by Crippen LogP contribution is -2.34. The molecule has 0 aromatic heterocycles. The van der Waals surface area contributed by atoms with E-state index >= 15 is 0 Å². The number of oxime groups is 1. The molecule has 2 rings (SSSR count). The van der Waals surface area contributed by atoms with Crippen LogP contribution in [0.25, 0.3) is 0 Å². The van der Waals surface area contributed by atoms with Crippen molar-refractivity contribution < 1.29 is 25.3 Å². The number of aliphatic hydroxyl groups is 4. The van der Waals surface area contributed by atoms with Gasteiger partial charge in [-0.1, -0.05) is 17.3 Å². The van der Waals surface area contributed by atoms with Gasteiger partial charge < -0.3 is 25.3 Å². The molecular weight excluding hydrogens is 262 g/mol. The van der Waals surface area contributed by atoms with Crippen molar-refractivity contribution in [3.63, 3.8) is 0 Å². The molecule has 1 aliphatic heterocycles. The first-order valence-electron chi connectivity index (χ1n) is 6.48. The van der Waals surface area contributed by atoms with Gasteiger partial charge in [0, 0.05) is 19.4 Å². The fourth-order valence-corrected chi connectivity index (χ4v) is 2.28. The van der Waals surface area contributed by atoms with E-state index in [4.69, 9.17) is 9.94 Å². The zero-order chi connectivity index (χ0) is 14.6. The molecule has 20 heavy (non-hydrogen) atoms. The standard InChI is InChI=1S/C14H19NO5/c16-4-3-14(9-19)6-13(15-20-14)10-1-2-11(7-17)12(5-10)8-18/h1-2,5,16-19H,3-4,6-9H2. The molecule has 1 aliphatic rings. The average molecular weight is 281 g/mol. The second-order valence-corrected chi connectivity index (χ2v) is 4.92. The largest absolute Gasteiger partial charge is 0.396 e. The van der Waals surface area contributed by atoms with E-state index in [1.54, 1.807) is 18.2 Å². The Morgan fingerprint density at radius 1 is 1.10 bits per heavy atom. The van der Waals surface area contributed by atoms with Gasteiger partial charge in [-0.15, -0.1) is 0 Å². The summed E-state index contributed by atoms with van der Waals surface area (Å²) >= 11 is 0. The van der Waals surface area contributed by atoms with E-state index < -0.39 is 5.60 Å². The summed E-state index contributed by atoms with van der Waals surface area (Å²) in [6.07, 6.45) is 0.700. The third-order valence-corrected chi connectivity index (χ3v) is 3.57. The van der Waals surface area contributed by atoms with Crippen LogP contribution >= 0.6 is 0 Å². The molecule has 6 nitrogen and oxygen atoms in total. The van der Waals surface area contributed by atoms with E-state index in [0.717, 1.165) is 5.56 Å².